The highest BCUT2D eigenvalue weighted by Gasteiger charge is 2.50. The molecule has 1 aliphatic heterocycles. The van der Waals surface area contributed by atoms with Crippen LogP contribution in [0.3, 0.4) is 0 Å². The number of ether oxygens (including phenoxy) is 2. The number of anilines is 1. The highest BCUT2D eigenvalue weighted by Crippen LogP contribution is 2.35. The number of alkyl halides is 3. The lowest BCUT2D eigenvalue weighted by Crippen LogP contribution is -2.35. The number of fused-ring (bicyclic) bond motifs is 1. The lowest BCUT2D eigenvalue weighted by Gasteiger charge is -2.20. The largest absolute Gasteiger partial charge is 0.523 e. The molecule has 1 aliphatic rings. The molecule has 0 unspecified atom stereocenters. The lowest BCUT2D eigenvalue weighted by atomic mass is 10.1. The topological polar surface area (TPSA) is 128 Å². The van der Waals surface area contributed by atoms with Crippen LogP contribution in [0.15, 0.2) is 11.1 Å². The van der Waals surface area contributed by atoms with Crippen molar-refractivity contribution in [3.8, 4) is 0 Å². The molecule has 29 heavy (non-hydrogen) atoms. The van der Waals surface area contributed by atoms with Gasteiger partial charge in [-0.15, -0.1) is 13.2 Å². The first-order valence-corrected chi connectivity index (χ1v) is 8.73. The number of halogens is 3. The fourth-order valence-electron chi connectivity index (χ4n) is 2.83. The van der Waals surface area contributed by atoms with E-state index in [1.165, 1.54) is 0 Å². The van der Waals surface area contributed by atoms with Gasteiger partial charge in [0.15, 0.2) is 29.3 Å². The average Bonchev–Trinajstić information content (AvgIpc) is 3.16. The third-order valence-corrected chi connectivity index (χ3v) is 4.26. The fourth-order valence-corrected chi connectivity index (χ4v) is 2.83. The Balaban J connectivity index is 2.05. The standard InChI is InChI=1S/C16H18F3N5O5/c1-4-7-9(25)10(29-16(17,18)19)14(28-7)24-5-20-8-11(24)21-15(23-13(8)27)22-12(26)6(2)3/h5-7,10,14H,4H2,1-3H3,(H2,21,22,23,26,27)/t7-,10-,14-/m1/s1. The summed E-state index contributed by atoms with van der Waals surface area (Å²) in [4.78, 5) is 46.6. The predicted molar refractivity (Wildman–Crippen MR) is 91.8 cm³/mol. The molecule has 1 saturated heterocycles. The predicted octanol–water partition coefficient (Wildman–Crippen LogP) is 1.50. The van der Waals surface area contributed by atoms with Crippen LogP contribution in [-0.4, -0.2) is 49.8 Å². The van der Waals surface area contributed by atoms with Crippen LogP contribution in [0.25, 0.3) is 11.2 Å². The summed E-state index contributed by atoms with van der Waals surface area (Å²) in [5.74, 6) is -1.94. The molecule has 0 aromatic carbocycles. The maximum Gasteiger partial charge on any atom is 0.523 e. The molecule has 0 aliphatic carbocycles. The molecule has 1 fully saturated rings. The van der Waals surface area contributed by atoms with Crippen LogP contribution in [0, 0.1) is 5.92 Å². The highest BCUT2D eigenvalue weighted by atomic mass is 19.4. The van der Waals surface area contributed by atoms with E-state index in [2.05, 4.69) is 25.0 Å². The number of carbonyl (C=O) groups excluding carboxylic acids is 2. The van der Waals surface area contributed by atoms with E-state index in [4.69, 9.17) is 4.74 Å². The minimum atomic E-state index is -5.08. The summed E-state index contributed by atoms with van der Waals surface area (Å²) in [6.45, 7) is 4.82. The van der Waals surface area contributed by atoms with E-state index in [9.17, 15) is 27.6 Å². The van der Waals surface area contributed by atoms with Crippen LogP contribution < -0.4 is 10.9 Å². The van der Waals surface area contributed by atoms with E-state index < -0.39 is 48.0 Å². The number of Topliss-reactive ketones (excluding diaryl/α,β-unsaturated/α-hetero) is 1. The molecule has 3 heterocycles. The summed E-state index contributed by atoms with van der Waals surface area (Å²) < 4.78 is 48.9. The second-order valence-electron chi connectivity index (χ2n) is 6.69. The number of hydrogen-bond acceptors (Lipinski definition) is 7. The van der Waals surface area contributed by atoms with Gasteiger partial charge in [0.25, 0.3) is 5.56 Å². The number of carbonyl (C=O) groups is 2. The number of rotatable bonds is 5. The molecule has 1 amide bonds. The molecule has 10 nitrogen and oxygen atoms in total. The van der Waals surface area contributed by atoms with Gasteiger partial charge in [0, 0.05) is 5.92 Å². The number of hydrogen-bond donors (Lipinski definition) is 2. The van der Waals surface area contributed by atoms with E-state index in [0.29, 0.717) is 0 Å². The third kappa shape index (κ3) is 4.15. The van der Waals surface area contributed by atoms with Crippen LogP contribution in [0.5, 0.6) is 0 Å². The molecule has 2 aromatic heterocycles. The molecule has 0 spiro atoms. The van der Waals surface area contributed by atoms with Crippen molar-refractivity contribution >= 4 is 28.8 Å². The minimum absolute atomic E-state index is 0.128. The zero-order valence-corrected chi connectivity index (χ0v) is 15.6. The summed E-state index contributed by atoms with van der Waals surface area (Å²) in [5.41, 5.74) is -1.09. The summed E-state index contributed by atoms with van der Waals surface area (Å²) in [6, 6.07) is 0. The Morgan fingerprint density at radius 3 is 2.69 bits per heavy atom. The van der Waals surface area contributed by atoms with E-state index in [-0.39, 0.29) is 23.5 Å². The monoisotopic (exact) mass is 417 g/mol. The average molecular weight is 417 g/mol. The van der Waals surface area contributed by atoms with Crippen LogP contribution in [0.4, 0.5) is 19.1 Å². The maximum atomic E-state index is 12.8. The molecule has 0 radical (unpaired) electrons. The molecule has 2 aromatic rings. The Morgan fingerprint density at radius 2 is 2.10 bits per heavy atom. The molecule has 3 atom stereocenters. The third-order valence-electron chi connectivity index (χ3n) is 4.26. The van der Waals surface area contributed by atoms with Gasteiger partial charge in [-0.3, -0.25) is 34.0 Å². The van der Waals surface area contributed by atoms with E-state index in [1.807, 2.05) is 0 Å². The summed E-state index contributed by atoms with van der Waals surface area (Å²) in [6.07, 6.45) is -8.57. The maximum absolute atomic E-state index is 12.8. The smallest absolute Gasteiger partial charge is 0.344 e. The normalized spacial score (nSPS) is 22.6. The fraction of sp³-hybridized carbons (Fsp3) is 0.562. The first kappa shape index (κ1) is 20.9. The summed E-state index contributed by atoms with van der Waals surface area (Å²) in [7, 11) is 0. The number of ketones is 1. The van der Waals surface area contributed by atoms with Gasteiger partial charge >= 0.3 is 6.36 Å². The number of amides is 1. The molecule has 0 saturated carbocycles. The van der Waals surface area contributed by atoms with Gasteiger partial charge < -0.3 is 4.74 Å². The van der Waals surface area contributed by atoms with Gasteiger partial charge in [-0.25, -0.2) is 4.98 Å². The minimum Gasteiger partial charge on any atom is -0.344 e. The Hall–Kier alpha value is -2.80. The van der Waals surface area contributed by atoms with E-state index >= 15 is 0 Å². The number of nitrogens with one attached hydrogen (secondary N) is 2. The lowest BCUT2D eigenvalue weighted by molar-refractivity contribution is -0.345. The summed E-state index contributed by atoms with van der Waals surface area (Å²) >= 11 is 0. The summed E-state index contributed by atoms with van der Waals surface area (Å²) in [5, 5.41) is 2.39. The number of nitrogens with zero attached hydrogens (tertiary/aromatic N) is 3. The van der Waals surface area contributed by atoms with Crippen LogP contribution in [0.1, 0.15) is 33.4 Å². The highest BCUT2D eigenvalue weighted by molar-refractivity contribution is 5.91. The van der Waals surface area contributed by atoms with Crippen molar-refractivity contribution in [2.45, 2.75) is 52.0 Å². The zero-order chi connectivity index (χ0) is 21.5. The van der Waals surface area contributed by atoms with Crippen molar-refractivity contribution in [2.75, 3.05) is 5.32 Å². The molecule has 13 heteroatoms. The van der Waals surface area contributed by atoms with E-state index in [1.54, 1.807) is 20.8 Å². The Bertz CT molecular complexity index is 999. The zero-order valence-electron chi connectivity index (χ0n) is 15.6. The number of aromatic nitrogens is 4. The van der Waals surface area contributed by atoms with Crippen molar-refractivity contribution < 1.29 is 32.2 Å². The molecular weight excluding hydrogens is 399 g/mol. The number of H-pyrrole nitrogens is 1. The SMILES string of the molecule is CC[C@H]1O[C@@H](n2cnc3c(=O)[nH]c(NC(=O)C(C)C)nc32)[C@H](OC(F)(F)F)C1=O. The Labute approximate surface area is 161 Å². The van der Waals surface area contributed by atoms with Crippen molar-refractivity contribution in [2.24, 2.45) is 5.92 Å². The van der Waals surface area contributed by atoms with Crippen molar-refractivity contribution in [3.63, 3.8) is 0 Å². The molecular formula is C16H18F3N5O5. The quantitative estimate of drug-likeness (QED) is 0.754. The second-order valence-corrected chi connectivity index (χ2v) is 6.69. The van der Waals surface area contributed by atoms with Crippen LogP contribution in [0.2, 0.25) is 0 Å². The van der Waals surface area contributed by atoms with Gasteiger partial charge in [-0.1, -0.05) is 20.8 Å². The van der Waals surface area contributed by atoms with Crippen molar-refractivity contribution in [1.82, 2.24) is 19.5 Å². The van der Waals surface area contributed by atoms with Gasteiger partial charge in [-0.05, 0) is 6.42 Å². The van der Waals surface area contributed by atoms with Crippen molar-refractivity contribution in [1.29, 1.82) is 0 Å². The van der Waals surface area contributed by atoms with E-state index in [0.717, 1.165) is 10.9 Å². The molecule has 2 N–H and O–H groups in total. The second kappa shape index (κ2) is 7.55. The molecule has 3 rings (SSSR count). The van der Waals surface area contributed by atoms with Crippen LogP contribution in [-0.2, 0) is 19.1 Å². The van der Waals surface area contributed by atoms with Gasteiger partial charge in [0.2, 0.25) is 11.9 Å². The molecule has 0 bridgehead atoms. The van der Waals surface area contributed by atoms with Gasteiger partial charge in [0.05, 0.1) is 6.33 Å². The van der Waals surface area contributed by atoms with Crippen LogP contribution >= 0.6 is 0 Å². The first-order chi connectivity index (χ1) is 13.5. The molecule has 158 valence electrons. The van der Waals surface area contributed by atoms with Gasteiger partial charge in [0.1, 0.15) is 6.10 Å². The number of imidazole rings is 1. The number of aromatic amines is 1. The van der Waals surface area contributed by atoms with Crippen molar-refractivity contribution in [3.05, 3.63) is 16.7 Å². The first-order valence-electron chi connectivity index (χ1n) is 8.73. The van der Waals surface area contributed by atoms with Gasteiger partial charge in [-0.2, -0.15) is 4.98 Å². The Morgan fingerprint density at radius 1 is 1.41 bits per heavy atom. The Kier molecular flexibility index (Phi) is 5.45.